The number of nitrogens with one attached hydrogen (secondary N) is 2. The standard InChI is InChI=1S/C13H16F2N2O/c1-13(5-7-16-8-6-13)17-12(18)9-3-2-4-10(14)11(9)15/h2-4,16H,5-8H2,1H3,(H,17,18). The van der Waals surface area contributed by atoms with Gasteiger partial charge in [0.2, 0.25) is 0 Å². The quantitative estimate of drug-likeness (QED) is 0.845. The fraction of sp³-hybridized carbons (Fsp3) is 0.462. The molecule has 0 radical (unpaired) electrons. The van der Waals surface area contributed by atoms with E-state index in [-0.39, 0.29) is 11.1 Å². The minimum absolute atomic E-state index is 0.241. The van der Waals surface area contributed by atoms with E-state index < -0.39 is 17.5 Å². The van der Waals surface area contributed by atoms with Crippen LogP contribution in [0.4, 0.5) is 8.78 Å². The van der Waals surface area contributed by atoms with Gasteiger partial charge in [0.25, 0.3) is 5.91 Å². The van der Waals surface area contributed by atoms with Crippen LogP contribution in [0.15, 0.2) is 18.2 Å². The fourth-order valence-corrected chi connectivity index (χ4v) is 2.12. The molecule has 98 valence electrons. The predicted octanol–water partition coefficient (Wildman–Crippen LogP) is 1.84. The molecule has 18 heavy (non-hydrogen) atoms. The summed E-state index contributed by atoms with van der Waals surface area (Å²) in [6.45, 7) is 3.54. The largest absolute Gasteiger partial charge is 0.347 e. The first-order valence-corrected chi connectivity index (χ1v) is 5.99. The second-order valence-corrected chi connectivity index (χ2v) is 4.87. The number of rotatable bonds is 2. The van der Waals surface area contributed by atoms with Gasteiger partial charge in [0.05, 0.1) is 5.56 Å². The predicted molar refractivity (Wildman–Crippen MR) is 64.3 cm³/mol. The van der Waals surface area contributed by atoms with Crippen molar-refractivity contribution >= 4 is 5.91 Å². The Bertz CT molecular complexity index is 456. The van der Waals surface area contributed by atoms with Crippen LogP contribution < -0.4 is 10.6 Å². The van der Waals surface area contributed by atoms with Crippen LogP contribution in [0.25, 0.3) is 0 Å². The number of hydrogen-bond acceptors (Lipinski definition) is 2. The Morgan fingerprint density at radius 2 is 2.00 bits per heavy atom. The maximum atomic E-state index is 13.5. The second-order valence-electron chi connectivity index (χ2n) is 4.87. The lowest BCUT2D eigenvalue weighted by molar-refractivity contribution is 0.0882. The maximum Gasteiger partial charge on any atom is 0.254 e. The number of benzene rings is 1. The van der Waals surface area contributed by atoms with Crippen molar-refractivity contribution in [1.29, 1.82) is 0 Å². The molecule has 0 spiro atoms. The Morgan fingerprint density at radius 3 is 2.67 bits per heavy atom. The van der Waals surface area contributed by atoms with Gasteiger partial charge in [0.1, 0.15) is 0 Å². The summed E-state index contributed by atoms with van der Waals surface area (Å²) in [6.07, 6.45) is 1.55. The van der Waals surface area contributed by atoms with Crippen LogP contribution in [0.3, 0.4) is 0 Å². The van der Waals surface area contributed by atoms with Gasteiger partial charge in [0, 0.05) is 5.54 Å². The molecule has 1 saturated heterocycles. The van der Waals surface area contributed by atoms with E-state index in [9.17, 15) is 13.6 Å². The van der Waals surface area contributed by atoms with E-state index in [1.807, 2.05) is 6.92 Å². The maximum absolute atomic E-state index is 13.5. The van der Waals surface area contributed by atoms with E-state index in [1.54, 1.807) is 0 Å². The van der Waals surface area contributed by atoms with Gasteiger partial charge in [-0.3, -0.25) is 4.79 Å². The van der Waals surface area contributed by atoms with E-state index in [2.05, 4.69) is 10.6 Å². The molecule has 5 heteroatoms. The molecule has 2 N–H and O–H groups in total. The molecule has 1 amide bonds. The van der Waals surface area contributed by atoms with Crippen molar-refractivity contribution in [3.63, 3.8) is 0 Å². The highest BCUT2D eigenvalue weighted by atomic mass is 19.2. The molecule has 0 aromatic heterocycles. The summed E-state index contributed by atoms with van der Waals surface area (Å²) in [4.78, 5) is 12.0. The molecule has 0 saturated carbocycles. The van der Waals surface area contributed by atoms with Crippen molar-refractivity contribution < 1.29 is 13.6 Å². The van der Waals surface area contributed by atoms with Crippen molar-refractivity contribution in [3.8, 4) is 0 Å². The van der Waals surface area contributed by atoms with Crippen LogP contribution in [0.2, 0.25) is 0 Å². The zero-order valence-electron chi connectivity index (χ0n) is 10.2. The van der Waals surface area contributed by atoms with Crippen LogP contribution in [0, 0.1) is 11.6 Å². The number of piperidine rings is 1. The van der Waals surface area contributed by atoms with Gasteiger partial charge in [-0.1, -0.05) is 6.07 Å². The van der Waals surface area contributed by atoms with E-state index in [4.69, 9.17) is 0 Å². The average Bonchev–Trinajstić information content (AvgIpc) is 2.33. The Labute approximate surface area is 105 Å². The second kappa shape index (κ2) is 5.02. The van der Waals surface area contributed by atoms with Crippen LogP contribution in [0.1, 0.15) is 30.1 Å². The molecule has 2 rings (SSSR count). The molecular formula is C13H16F2N2O. The summed E-state index contributed by atoms with van der Waals surface area (Å²) in [5.74, 6) is -2.65. The molecular weight excluding hydrogens is 238 g/mol. The van der Waals surface area contributed by atoms with Gasteiger partial charge < -0.3 is 10.6 Å². The fourth-order valence-electron chi connectivity index (χ4n) is 2.12. The van der Waals surface area contributed by atoms with E-state index in [0.717, 1.165) is 32.0 Å². The summed E-state index contributed by atoms with van der Waals surface area (Å²) < 4.78 is 26.5. The van der Waals surface area contributed by atoms with Crippen molar-refractivity contribution in [3.05, 3.63) is 35.4 Å². The van der Waals surface area contributed by atoms with E-state index in [0.29, 0.717) is 0 Å². The Kier molecular flexibility index (Phi) is 3.61. The summed E-state index contributed by atoms with van der Waals surface area (Å²) in [7, 11) is 0. The van der Waals surface area contributed by atoms with Crippen molar-refractivity contribution in [2.24, 2.45) is 0 Å². The van der Waals surface area contributed by atoms with Gasteiger partial charge in [-0.2, -0.15) is 0 Å². The topological polar surface area (TPSA) is 41.1 Å². The highest BCUT2D eigenvalue weighted by Gasteiger charge is 2.29. The first kappa shape index (κ1) is 13.0. The van der Waals surface area contributed by atoms with Crippen molar-refractivity contribution in [1.82, 2.24) is 10.6 Å². The molecule has 1 aromatic rings. The van der Waals surface area contributed by atoms with E-state index in [1.165, 1.54) is 12.1 Å². The van der Waals surface area contributed by atoms with Gasteiger partial charge in [-0.25, -0.2) is 8.78 Å². The molecule has 1 aliphatic rings. The monoisotopic (exact) mass is 254 g/mol. The van der Waals surface area contributed by atoms with Gasteiger partial charge in [0.15, 0.2) is 11.6 Å². The third-order valence-electron chi connectivity index (χ3n) is 3.32. The molecule has 0 unspecified atom stereocenters. The summed E-state index contributed by atoms with van der Waals surface area (Å²) in [6, 6.07) is 3.62. The zero-order chi connectivity index (χ0) is 13.2. The zero-order valence-corrected chi connectivity index (χ0v) is 10.2. The highest BCUT2D eigenvalue weighted by Crippen LogP contribution is 2.19. The molecule has 1 aromatic carbocycles. The highest BCUT2D eigenvalue weighted by molar-refractivity contribution is 5.95. The number of amides is 1. The first-order valence-electron chi connectivity index (χ1n) is 5.99. The minimum Gasteiger partial charge on any atom is -0.347 e. The Balaban J connectivity index is 2.14. The van der Waals surface area contributed by atoms with E-state index >= 15 is 0 Å². The van der Waals surface area contributed by atoms with Crippen molar-refractivity contribution in [2.75, 3.05) is 13.1 Å². The smallest absolute Gasteiger partial charge is 0.254 e. The Morgan fingerprint density at radius 1 is 1.33 bits per heavy atom. The average molecular weight is 254 g/mol. The molecule has 3 nitrogen and oxygen atoms in total. The van der Waals surface area contributed by atoms with Crippen LogP contribution in [-0.2, 0) is 0 Å². The first-order chi connectivity index (χ1) is 8.52. The van der Waals surface area contributed by atoms with Crippen molar-refractivity contribution in [2.45, 2.75) is 25.3 Å². The van der Waals surface area contributed by atoms with Gasteiger partial charge in [-0.15, -0.1) is 0 Å². The third kappa shape index (κ3) is 2.67. The van der Waals surface area contributed by atoms with Crippen LogP contribution in [-0.4, -0.2) is 24.5 Å². The molecule has 1 heterocycles. The number of carbonyl (C=O) groups excluding carboxylic acids is 1. The van der Waals surface area contributed by atoms with Crippen LogP contribution >= 0.6 is 0 Å². The third-order valence-corrected chi connectivity index (χ3v) is 3.32. The SMILES string of the molecule is CC1(NC(=O)c2cccc(F)c2F)CCNCC1. The number of halogens is 2. The lowest BCUT2D eigenvalue weighted by Crippen LogP contribution is -2.52. The molecule has 0 bridgehead atoms. The summed E-state index contributed by atoms with van der Waals surface area (Å²) >= 11 is 0. The summed E-state index contributed by atoms with van der Waals surface area (Å²) in [5, 5.41) is 5.98. The molecule has 0 aliphatic carbocycles. The van der Waals surface area contributed by atoms with Gasteiger partial charge >= 0.3 is 0 Å². The van der Waals surface area contributed by atoms with Crippen LogP contribution in [0.5, 0.6) is 0 Å². The molecule has 1 aliphatic heterocycles. The lowest BCUT2D eigenvalue weighted by atomic mass is 9.90. The summed E-state index contributed by atoms with van der Waals surface area (Å²) in [5.41, 5.74) is -0.601. The molecule has 1 fully saturated rings. The normalized spacial score (nSPS) is 18.4. The number of hydrogen-bond donors (Lipinski definition) is 2. The Hall–Kier alpha value is -1.49. The molecule has 0 atom stereocenters. The lowest BCUT2D eigenvalue weighted by Gasteiger charge is -2.35. The minimum atomic E-state index is -1.09. The van der Waals surface area contributed by atoms with Gasteiger partial charge in [-0.05, 0) is 45.0 Å². The number of carbonyl (C=O) groups is 1.